The first kappa shape index (κ1) is 20.0. The van der Waals surface area contributed by atoms with Crippen LogP contribution in [0.15, 0.2) is 48.5 Å². The number of sulfone groups is 1. The van der Waals surface area contributed by atoms with Crippen LogP contribution in [0.5, 0.6) is 11.5 Å². The maximum atomic E-state index is 12.6. The van der Waals surface area contributed by atoms with Gasteiger partial charge in [-0.25, -0.2) is 13.1 Å². The highest BCUT2D eigenvalue weighted by Gasteiger charge is 2.33. The third-order valence-corrected chi connectivity index (χ3v) is 6.18. The van der Waals surface area contributed by atoms with Gasteiger partial charge in [0, 0.05) is 11.6 Å². The molecule has 1 amide bonds. The van der Waals surface area contributed by atoms with Crippen LogP contribution in [0.4, 0.5) is 5.82 Å². The minimum absolute atomic E-state index is 0.135. The Balaban J connectivity index is 1.57. The van der Waals surface area contributed by atoms with E-state index in [0.29, 0.717) is 28.6 Å². The normalized spacial score (nSPS) is 14.2. The summed E-state index contributed by atoms with van der Waals surface area (Å²) in [5, 5.41) is 7.23. The highest BCUT2D eigenvalue weighted by Crippen LogP contribution is 2.33. The minimum Gasteiger partial charge on any atom is -0.497 e. The van der Waals surface area contributed by atoms with Crippen LogP contribution >= 0.6 is 0 Å². The van der Waals surface area contributed by atoms with Gasteiger partial charge >= 0.3 is 0 Å². The molecule has 2 heterocycles. The first-order chi connectivity index (χ1) is 14.3. The van der Waals surface area contributed by atoms with E-state index in [1.807, 2.05) is 31.2 Å². The Morgan fingerprint density at radius 3 is 2.60 bits per heavy atom. The monoisotopic (exact) mass is 427 g/mol. The van der Waals surface area contributed by atoms with Crippen LogP contribution in [-0.2, 0) is 26.1 Å². The summed E-state index contributed by atoms with van der Waals surface area (Å²) in [7, 11) is -1.71. The van der Waals surface area contributed by atoms with Crippen molar-refractivity contribution in [3.63, 3.8) is 0 Å². The number of carbonyl (C=O) groups excluding carboxylic acids is 1. The van der Waals surface area contributed by atoms with E-state index in [9.17, 15) is 13.2 Å². The van der Waals surface area contributed by atoms with Gasteiger partial charge in [0.2, 0.25) is 0 Å². The molecule has 0 spiro atoms. The molecule has 0 atom stereocenters. The molecule has 1 aliphatic heterocycles. The van der Waals surface area contributed by atoms with Crippen LogP contribution in [0.3, 0.4) is 0 Å². The molecule has 0 saturated heterocycles. The number of amides is 1. The Morgan fingerprint density at radius 2 is 1.87 bits per heavy atom. The number of carbonyl (C=O) groups is 1. The Bertz CT molecular complexity index is 1200. The Labute approximate surface area is 174 Å². The van der Waals surface area contributed by atoms with E-state index in [0.717, 1.165) is 11.3 Å². The summed E-state index contributed by atoms with van der Waals surface area (Å²) in [5.41, 5.74) is 2.79. The van der Waals surface area contributed by atoms with E-state index in [4.69, 9.17) is 9.47 Å². The number of aryl methyl sites for hydroxylation is 1. The summed E-state index contributed by atoms with van der Waals surface area (Å²) < 4.78 is 36.4. The molecule has 4 rings (SSSR count). The lowest BCUT2D eigenvalue weighted by Gasteiger charge is -2.12. The van der Waals surface area contributed by atoms with Crippen LogP contribution in [0.25, 0.3) is 5.69 Å². The van der Waals surface area contributed by atoms with Crippen molar-refractivity contribution >= 4 is 21.6 Å². The number of hydrogen-bond donors (Lipinski definition) is 1. The fraction of sp³-hybridized carbons (Fsp3) is 0.238. The summed E-state index contributed by atoms with van der Waals surface area (Å²) in [6.45, 7) is 1.73. The van der Waals surface area contributed by atoms with E-state index in [1.165, 1.54) is 0 Å². The summed E-state index contributed by atoms with van der Waals surface area (Å²) in [6, 6.07) is 14.5. The summed E-state index contributed by atoms with van der Waals surface area (Å²) in [4.78, 5) is 12.6. The number of methoxy groups -OCH3 is 1. The first-order valence-corrected chi connectivity index (χ1v) is 11.1. The molecule has 3 aromatic rings. The van der Waals surface area contributed by atoms with Gasteiger partial charge in [0.05, 0.1) is 30.0 Å². The molecule has 0 saturated carbocycles. The van der Waals surface area contributed by atoms with Gasteiger partial charge in [-0.1, -0.05) is 23.8 Å². The fourth-order valence-electron chi connectivity index (χ4n) is 3.25. The molecular weight excluding hydrogens is 406 g/mol. The van der Waals surface area contributed by atoms with Gasteiger partial charge < -0.3 is 14.8 Å². The van der Waals surface area contributed by atoms with E-state index < -0.39 is 15.7 Å². The number of nitrogens with zero attached hydrogens (tertiary/aromatic N) is 2. The highest BCUT2D eigenvalue weighted by molar-refractivity contribution is 7.90. The zero-order valence-electron chi connectivity index (χ0n) is 16.6. The zero-order chi connectivity index (χ0) is 21.3. The van der Waals surface area contributed by atoms with E-state index in [2.05, 4.69) is 10.4 Å². The predicted octanol–water partition coefficient (Wildman–Crippen LogP) is 2.64. The third kappa shape index (κ3) is 4.16. The first-order valence-electron chi connectivity index (χ1n) is 9.29. The number of aromatic nitrogens is 2. The Hall–Kier alpha value is -3.33. The van der Waals surface area contributed by atoms with E-state index in [-0.39, 0.29) is 18.1 Å². The maximum Gasteiger partial charge on any atom is 0.263 e. The van der Waals surface area contributed by atoms with Gasteiger partial charge in [-0.3, -0.25) is 4.79 Å². The van der Waals surface area contributed by atoms with Crippen LogP contribution in [0.1, 0.15) is 16.8 Å². The van der Waals surface area contributed by atoms with E-state index >= 15 is 0 Å². The quantitative estimate of drug-likeness (QED) is 0.649. The number of anilines is 1. The number of fused-ring (bicyclic) bond motifs is 1. The van der Waals surface area contributed by atoms with Gasteiger partial charge in [0.1, 0.15) is 17.3 Å². The van der Waals surface area contributed by atoms with Crippen molar-refractivity contribution in [3.05, 3.63) is 65.4 Å². The van der Waals surface area contributed by atoms with Crippen molar-refractivity contribution in [1.29, 1.82) is 0 Å². The number of rotatable bonds is 6. The SMILES string of the molecule is COc1cccc(OCC(=O)Nc2c3c(nn2-c2ccc(C)cc2)CS(=O)(=O)C3)c1. The number of benzene rings is 2. The second-order valence-electron chi connectivity index (χ2n) is 7.07. The molecule has 0 fully saturated rings. The second-order valence-corrected chi connectivity index (χ2v) is 9.13. The molecule has 0 unspecified atom stereocenters. The van der Waals surface area contributed by atoms with Gasteiger partial charge in [-0.15, -0.1) is 0 Å². The zero-order valence-corrected chi connectivity index (χ0v) is 17.4. The maximum absolute atomic E-state index is 12.6. The van der Waals surface area contributed by atoms with Crippen LogP contribution in [-0.4, -0.2) is 37.8 Å². The second kappa shape index (κ2) is 7.83. The number of hydrogen-bond acceptors (Lipinski definition) is 6. The van der Waals surface area contributed by atoms with Crippen molar-refractivity contribution in [2.75, 3.05) is 19.0 Å². The van der Waals surface area contributed by atoms with Crippen LogP contribution in [0, 0.1) is 6.92 Å². The molecule has 2 aromatic carbocycles. The minimum atomic E-state index is -3.26. The number of ether oxygens (including phenoxy) is 2. The van der Waals surface area contributed by atoms with Crippen LogP contribution in [0.2, 0.25) is 0 Å². The predicted molar refractivity (Wildman–Crippen MR) is 112 cm³/mol. The summed E-state index contributed by atoms with van der Waals surface area (Å²) >= 11 is 0. The Kier molecular flexibility index (Phi) is 5.21. The van der Waals surface area contributed by atoms with Crippen molar-refractivity contribution in [2.45, 2.75) is 18.4 Å². The molecule has 1 aliphatic rings. The van der Waals surface area contributed by atoms with Gasteiger partial charge in [-0.05, 0) is 31.2 Å². The molecule has 156 valence electrons. The molecule has 0 bridgehead atoms. The molecule has 0 aliphatic carbocycles. The smallest absolute Gasteiger partial charge is 0.263 e. The van der Waals surface area contributed by atoms with Gasteiger partial charge in [0.15, 0.2) is 16.4 Å². The van der Waals surface area contributed by atoms with Crippen LogP contribution < -0.4 is 14.8 Å². The lowest BCUT2D eigenvalue weighted by molar-refractivity contribution is -0.118. The highest BCUT2D eigenvalue weighted by atomic mass is 32.2. The third-order valence-electron chi connectivity index (χ3n) is 4.74. The standard InChI is InChI=1S/C21H21N3O5S/c1-14-6-8-15(9-7-14)24-21(18-12-30(26,27)13-19(18)23-24)22-20(25)11-29-17-5-3-4-16(10-17)28-2/h3-10H,11-13H2,1-2H3,(H,22,25). The van der Waals surface area contributed by atoms with Gasteiger partial charge in [0.25, 0.3) is 5.91 Å². The van der Waals surface area contributed by atoms with Crippen molar-refractivity contribution < 1.29 is 22.7 Å². The van der Waals surface area contributed by atoms with Crippen molar-refractivity contribution in [3.8, 4) is 17.2 Å². The lowest BCUT2D eigenvalue weighted by Crippen LogP contribution is -2.22. The molecule has 1 N–H and O–H groups in total. The van der Waals surface area contributed by atoms with Crippen molar-refractivity contribution in [2.24, 2.45) is 0 Å². The molecule has 8 nitrogen and oxygen atoms in total. The molecular formula is C21H21N3O5S. The fourth-order valence-corrected chi connectivity index (χ4v) is 4.75. The topological polar surface area (TPSA) is 99.5 Å². The number of nitrogens with one attached hydrogen (secondary N) is 1. The lowest BCUT2D eigenvalue weighted by atomic mass is 10.2. The average molecular weight is 427 g/mol. The molecule has 1 aromatic heterocycles. The largest absolute Gasteiger partial charge is 0.497 e. The molecule has 0 radical (unpaired) electrons. The van der Waals surface area contributed by atoms with Gasteiger partial charge in [-0.2, -0.15) is 5.10 Å². The van der Waals surface area contributed by atoms with E-state index in [1.54, 1.807) is 36.1 Å². The summed E-state index contributed by atoms with van der Waals surface area (Å²) in [6.07, 6.45) is 0. The molecule has 9 heteroatoms. The average Bonchev–Trinajstić information content (AvgIpc) is 3.19. The molecule has 30 heavy (non-hydrogen) atoms. The van der Waals surface area contributed by atoms with Crippen molar-refractivity contribution in [1.82, 2.24) is 9.78 Å². The Morgan fingerprint density at radius 1 is 1.13 bits per heavy atom. The summed E-state index contributed by atoms with van der Waals surface area (Å²) in [5.74, 6) is 0.760.